The van der Waals surface area contributed by atoms with E-state index >= 15 is 0 Å². The quantitative estimate of drug-likeness (QED) is 0.757. The standard InChI is InChI=1S/C14H26N2O/c1-4-14(5-2,11-15)12-16(6-3)10-13-8-7-9-17-13/h7-9H,4-6,10-12,15H2,1-3H3. The van der Waals surface area contributed by atoms with Crippen LogP contribution in [-0.4, -0.2) is 24.5 Å². The highest BCUT2D eigenvalue weighted by atomic mass is 16.3. The highest BCUT2D eigenvalue weighted by molar-refractivity contribution is 4.98. The number of nitrogens with zero attached hydrogens (tertiary/aromatic N) is 1. The van der Waals surface area contributed by atoms with Crippen LogP contribution in [0.15, 0.2) is 22.8 Å². The molecule has 0 aliphatic heterocycles. The van der Waals surface area contributed by atoms with Crippen LogP contribution in [0, 0.1) is 5.41 Å². The largest absolute Gasteiger partial charge is 0.468 e. The van der Waals surface area contributed by atoms with E-state index in [-0.39, 0.29) is 5.41 Å². The zero-order valence-electron chi connectivity index (χ0n) is 11.4. The van der Waals surface area contributed by atoms with Crippen LogP contribution < -0.4 is 5.73 Å². The van der Waals surface area contributed by atoms with Crippen LogP contribution in [-0.2, 0) is 6.54 Å². The summed E-state index contributed by atoms with van der Waals surface area (Å²) in [5.74, 6) is 1.03. The second-order valence-corrected chi connectivity index (χ2v) is 4.79. The van der Waals surface area contributed by atoms with Crippen molar-refractivity contribution in [3.8, 4) is 0 Å². The van der Waals surface area contributed by atoms with Gasteiger partial charge in [0.2, 0.25) is 0 Å². The van der Waals surface area contributed by atoms with Crippen LogP contribution in [0.3, 0.4) is 0 Å². The predicted molar refractivity (Wildman–Crippen MR) is 71.7 cm³/mol. The van der Waals surface area contributed by atoms with Crippen molar-refractivity contribution in [1.29, 1.82) is 0 Å². The zero-order chi connectivity index (χ0) is 12.7. The number of furan rings is 1. The zero-order valence-corrected chi connectivity index (χ0v) is 11.4. The minimum atomic E-state index is 0.253. The lowest BCUT2D eigenvalue weighted by Gasteiger charge is -2.35. The molecular weight excluding hydrogens is 212 g/mol. The fraction of sp³-hybridized carbons (Fsp3) is 0.714. The van der Waals surface area contributed by atoms with Crippen LogP contribution in [0.4, 0.5) is 0 Å². The number of hydrogen-bond acceptors (Lipinski definition) is 3. The summed E-state index contributed by atoms with van der Waals surface area (Å²) in [6.07, 6.45) is 4.00. The van der Waals surface area contributed by atoms with Crippen LogP contribution in [0.2, 0.25) is 0 Å². The lowest BCUT2D eigenvalue weighted by atomic mass is 9.82. The van der Waals surface area contributed by atoms with Crippen molar-refractivity contribution in [3.63, 3.8) is 0 Å². The number of hydrogen-bond donors (Lipinski definition) is 1. The van der Waals surface area contributed by atoms with Crippen molar-refractivity contribution < 1.29 is 4.42 Å². The molecule has 1 heterocycles. The average molecular weight is 238 g/mol. The van der Waals surface area contributed by atoms with Crippen molar-refractivity contribution in [3.05, 3.63) is 24.2 Å². The van der Waals surface area contributed by atoms with Gasteiger partial charge >= 0.3 is 0 Å². The molecule has 0 radical (unpaired) electrons. The van der Waals surface area contributed by atoms with E-state index in [9.17, 15) is 0 Å². The lowest BCUT2D eigenvalue weighted by molar-refractivity contribution is 0.136. The molecule has 3 heteroatoms. The third-order valence-corrected chi connectivity index (χ3v) is 3.90. The molecule has 0 saturated carbocycles. The first-order valence-electron chi connectivity index (χ1n) is 6.64. The molecule has 1 rings (SSSR count). The Kier molecular flexibility index (Phi) is 5.72. The molecule has 98 valence electrons. The molecule has 0 fully saturated rings. The monoisotopic (exact) mass is 238 g/mol. The van der Waals surface area contributed by atoms with E-state index in [0.29, 0.717) is 0 Å². The molecule has 0 aliphatic carbocycles. The van der Waals surface area contributed by atoms with Crippen LogP contribution in [0.25, 0.3) is 0 Å². The normalized spacial score (nSPS) is 12.3. The van der Waals surface area contributed by atoms with Crippen LogP contribution >= 0.6 is 0 Å². The van der Waals surface area contributed by atoms with Crippen molar-refractivity contribution in [2.45, 2.75) is 40.2 Å². The topological polar surface area (TPSA) is 42.4 Å². The van der Waals surface area contributed by atoms with E-state index in [2.05, 4.69) is 25.7 Å². The second kappa shape index (κ2) is 6.82. The molecule has 17 heavy (non-hydrogen) atoms. The Hall–Kier alpha value is -0.800. The second-order valence-electron chi connectivity index (χ2n) is 4.79. The van der Waals surface area contributed by atoms with Gasteiger partial charge in [-0.1, -0.05) is 20.8 Å². The van der Waals surface area contributed by atoms with E-state index in [1.807, 2.05) is 12.1 Å². The summed E-state index contributed by atoms with van der Waals surface area (Å²) in [4.78, 5) is 2.42. The maximum absolute atomic E-state index is 5.96. The Morgan fingerprint density at radius 1 is 1.29 bits per heavy atom. The van der Waals surface area contributed by atoms with Gasteiger partial charge in [-0.2, -0.15) is 0 Å². The fourth-order valence-corrected chi connectivity index (χ4v) is 2.20. The van der Waals surface area contributed by atoms with Crippen LogP contribution in [0.5, 0.6) is 0 Å². The minimum Gasteiger partial charge on any atom is -0.468 e. The van der Waals surface area contributed by atoms with E-state index in [0.717, 1.165) is 44.8 Å². The maximum atomic E-state index is 5.96. The summed E-state index contributed by atoms with van der Waals surface area (Å²) in [6.45, 7) is 10.4. The van der Waals surface area contributed by atoms with Gasteiger partial charge in [-0.3, -0.25) is 4.90 Å². The first kappa shape index (κ1) is 14.3. The van der Waals surface area contributed by atoms with E-state index in [4.69, 9.17) is 10.2 Å². The van der Waals surface area contributed by atoms with Gasteiger partial charge in [0, 0.05) is 6.54 Å². The van der Waals surface area contributed by atoms with E-state index in [1.165, 1.54) is 0 Å². The van der Waals surface area contributed by atoms with E-state index < -0.39 is 0 Å². The SMILES string of the molecule is CCN(Cc1ccco1)CC(CC)(CC)CN. The van der Waals surface area contributed by atoms with Gasteiger partial charge in [0.25, 0.3) is 0 Å². The molecule has 0 saturated heterocycles. The summed E-state index contributed by atoms with van der Waals surface area (Å²) in [5, 5.41) is 0. The summed E-state index contributed by atoms with van der Waals surface area (Å²) < 4.78 is 5.41. The molecule has 1 aromatic rings. The third-order valence-electron chi connectivity index (χ3n) is 3.90. The average Bonchev–Trinajstić information content (AvgIpc) is 2.87. The van der Waals surface area contributed by atoms with Gasteiger partial charge in [-0.15, -0.1) is 0 Å². The Morgan fingerprint density at radius 3 is 2.41 bits per heavy atom. The van der Waals surface area contributed by atoms with E-state index in [1.54, 1.807) is 6.26 Å². The van der Waals surface area contributed by atoms with Gasteiger partial charge in [0.05, 0.1) is 12.8 Å². The smallest absolute Gasteiger partial charge is 0.117 e. The molecule has 0 unspecified atom stereocenters. The first-order valence-corrected chi connectivity index (χ1v) is 6.64. The molecule has 0 atom stereocenters. The maximum Gasteiger partial charge on any atom is 0.117 e. The van der Waals surface area contributed by atoms with Gasteiger partial charge < -0.3 is 10.2 Å². The molecule has 1 aromatic heterocycles. The Labute approximate surface area is 105 Å². The fourth-order valence-electron chi connectivity index (χ4n) is 2.20. The van der Waals surface area contributed by atoms with Gasteiger partial charge in [-0.25, -0.2) is 0 Å². The molecule has 0 aromatic carbocycles. The van der Waals surface area contributed by atoms with Crippen LogP contribution in [0.1, 0.15) is 39.4 Å². The summed E-state index contributed by atoms with van der Waals surface area (Å²) >= 11 is 0. The Balaban J connectivity index is 2.61. The van der Waals surface area contributed by atoms with Crippen molar-refractivity contribution in [1.82, 2.24) is 4.90 Å². The number of nitrogens with two attached hydrogens (primary N) is 1. The predicted octanol–water partition coefficient (Wildman–Crippen LogP) is 2.87. The molecule has 0 bridgehead atoms. The van der Waals surface area contributed by atoms with Gasteiger partial charge in [0.1, 0.15) is 5.76 Å². The van der Waals surface area contributed by atoms with Crippen molar-refractivity contribution >= 4 is 0 Å². The molecule has 3 nitrogen and oxygen atoms in total. The third kappa shape index (κ3) is 3.86. The molecule has 2 N–H and O–H groups in total. The van der Waals surface area contributed by atoms with Gasteiger partial charge in [0.15, 0.2) is 0 Å². The molecule has 0 spiro atoms. The summed E-state index contributed by atoms with van der Waals surface area (Å²) in [7, 11) is 0. The molecule has 0 amide bonds. The highest BCUT2D eigenvalue weighted by Crippen LogP contribution is 2.26. The Morgan fingerprint density at radius 2 is 2.00 bits per heavy atom. The van der Waals surface area contributed by atoms with Gasteiger partial charge in [-0.05, 0) is 43.5 Å². The summed E-state index contributed by atoms with van der Waals surface area (Å²) in [6, 6.07) is 3.98. The molecular formula is C14H26N2O. The highest BCUT2D eigenvalue weighted by Gasteiger charge is 2.27. The van der Waals surface area contributed by atoms with Crippen molar-refractivity contribution in [2.75, 3.05) is 19.6 Å². The van der Waals surface area contributed by atoms with Crippen molar-refractivity contribution in [2.24, 2.45) is 11.1 Å². The lowest BCUT2D eigenvalue weighted by Crippen LogP contribution is -2.41. The Bertz CT molecular complexity index is 283. The first-order chi connectivity index (χ1) is 8.19. The minimum absolute atomic E-state index is 0.253. The molecule has 0 aliphatic rings. The number of rotatable bonds is 8. The summed E-state index contributed by atoms with van der Waals surface area (Å²) in [5.41, 5.74) is 6.21.